The second-order valence-corrected chi connectivity index (χ2v) is 4.32. The summed E-state index contributed by atoms with van der Waals surface area (Å²) in [6, 6.07) is 4.59. The number of benzene rings is 1. The van der Waals surface area contributed by atoms with Gasteiger partial charge in [-0.1, -0.05) is 0 Å². The van der Waals surface area contributed by atoms with E-state index in [9.17, 15) is 13.2 Å². The summed E-state index contributed by atoms with van der Waals surface area (Å²) in [5, 5.41) is 2.83. The van der Waals surface area contributed by atoms with E-state index in [1.165, 1.54) is 21.1 Å². The van der Waals surface area contributed by atoms with Gasteiger partial charge in [0.25, 0.3) is 0 Å². The van der Waals surface area contributed by atoms with Gasteiger partial charge in [0.15, 0.2) is 0 Å². The average Bonchev–Trinajstić information content (AvgIpc) is 2.33. The van der Waals surface area contributed by atoms with Crippen LogP contribution < -0.4 is 14.8 Å². The summed E-state index contributed by atoms with van der Waals surface area (Å²) >= 11 is 0. The molecule has 1 unspecified atom stereocenters. The molecule has 0 aliphatic heterocycles. The summed E-state index contributed by atoms with van der Waals surface area (Å²) in [6.07, 6.45) is -5.01. The molecule has 0 bridgehead atoms. The average molecular weight is 277 g/mol. The Morgan fingerprint density at radius 3 is 2.05 bits per heavy atom. The SMILES string of the molecule is COc1cc(CNC(C)CC(F)(F)F)cc(OC)c1. The number of alkyl halides is 3. The van der Waals surface area contributed by atoms with Gasteiger partial charge in [-0.2, -0.15) is 13.2 Å². The number of nitrogens with one attached hydrogen (secondary N) is 1. The van der Waals surface area contributed by atoms with E-state index < -0.39 is 18.6 Å². The van der Waals surface area contributed by atoms with Crippen LogP contribution in [0.1, 0.15) is 18.9 Å². The predicted molar refractivity (Wildman–Crippen MR) is 66.5 cm³/mol. The fraction of sp³-hybridized carbons (Fsp3) is 0.538. The summed E-state index contributed by atoms with van der Waals surface area (Å²) in [4.78, 5) is 0. The zero-order valence-corrected chi connectivity index (χ0v) is 11.2. The molecule has 0 radical (unpaired) electrons. The fourth-order valence-electron chi connectivity index (χ4n) is 1.68. The maximum Gasteiger partial charge on any atom is 0.390 e. The molecule has 1 aromatic carbocycles. The Morgan fingerprint density at radius 2 is 1.63 bits per heavy atom. The minimum Gasteiger partial charge on any atom is -0.497 e. The number of methoxy groups -OCH3 is 2. The van der Waals surface area contributed by atoms with Crippen LogP contribution in [-0.2, 0) is 6.54 Å². The molecule has 0 amide bonds. The van der Waals surface area contributed by atoms with Crippen molar-refractivity contribution in [1.82, 2.24) is 5.32 Å². The molecule has 0 aliphatic carbocycles. The third-order valence-corrected chi connectivity index (χ3v) is 2.60. The minimum atomic E-state index is -4.15. The maximum atomic E-state index is 12.2. The molecule has 1 aromatic rings. The van der Waals surface area contributed by atoms with Gasteiger partial charge in [-0.25, -0.2) is 0 Å². The van der Waals surface area contributed by atoms with Crippen LogP contribution in [0.4, 0.5) is 13.2 Å². The lowest BCUT2D eigenvalue weighted by molar-refractivity contribution is -0.139. The Bertz CT molecular complexity index is 385. The van der Waals surface area contributed by atoms with Crippen molar-refractivity contribution in [2.45, 2.75) is 32.1 Å². The van der Waals surface area contributed by atoms with Gasteiger partial charge >= 0.3 is 6.18 Å². The second-order valence-electron chi connectivity index (χ2n) is 4.32. The van der Waals surface area contributed by atoms with Crippen LogP contribution in [0.15, 0.2) is 18.2 Å². The van der Waals surface area contributed by atoms with Crippen LogP contribution in [0.25, 0.3) is 0 Å². The lowest BCUT2D eigenvalue weighted by Crippen LogP contribution is -2.30. The van der Waals surface area contributed by atoms with Crippen molar-refractivity contribution in [1.29, 1.82) is 0 Å². The lowest BCUT2D eigenvalue weighted by Gasteiger charge is -2.16. The van der Waals surface area contributed by atoms with Crippen LogP contribution in [0.5, 0.6) is 11.5 Å². The van der Waals surface area contributed by atoms with E-state index in [-0.39, 0.29) is 0 Å². The highest BCUT2D eigenvalue weighted by atomic mass is 19.4. The Kier molecular flexibility index (Phi) is 5.47. The van der Waals surface area contributed by atoms with Crippen molar-refractivity contribution in [3.63, 3.8) is 0 Å². The molecule has 0 saturated heterocycles. The molecule has 6 heteroatoms. The molecular formula is C13H18F3NO2. The van der Waals surface area contributed by atoms with E-state index in [1.54, 1.807) is 18.2 Å². The third kappa shape index (κ3) is 5.83. The van der Waals surface area contributed by atoms with Crippen molar-refractivity contribution >= 4 is 0 Å². The molecule has 1 atom stereocenters. The van der Waals surface area contributed by atoms with Crippen LogP contribution in [0.2, 0.25) is 0 Å². The quantitative estimate of drug-likeness (QED) is 0.866. The zero-order chi connectivity index (χ0) is 14.5. The van der Waals surface area contributed by atoms with Crippen molar-refractivity contribution in [2.24, 2.45) is 0 Å². The predicted octanol–water partition coefficient (Wildman–Crippen LogP) is 3.13. The van der Waals surface area contributed by atoms with Gasteiger partial charge in [-0.15, -0.1) is 0 Å². The standard InChI is InChI=1S/C13H18F3NO2/c1-9(7-13(14,15)16)17-8-10-4-11(18-2)6-12(5-10)19-3/h4-6,9,17H,7-8H2,1-3H3. The van der Waals surface area contributed by atoms with Crippen LogP contribution in [0, 0.1) is 0 Å². The summed E-state index contributed by atoms with van der Waals surface area (Å²) in [7, 11) is 3.05. The van der Waals surface area contributed by atoms with Crippen molar-refractivity contribution in [3.8, 4) is 11.5 Å². The largest absolute Gasteiger partial charge is 0.497 e. The topological polar surface area (TPSA) is 30.5 Å². The highest BCUT2D eigenvalue weighted by Gasteiger charge is 2.29. The molecule has 3 nitrogen and oxygen atoms in total. The van der Waals surface area contributed by atoms with E-state index >= 15 is 0 Å². The lowest BCUT2D eigenvalue weighted by atomic mass is 10.1. The Labute approximate surface area is 110 Å². The Morgan fingerprint density at radius 1 is 1.11 bits per heavy atom. The number of hydrogen-bond acceptors (Lipinski definition) is 3. The van der Waals surface area contributed by atoms with Gasteiger partial charge < -0.3 is 14.8 Å². The van der Waals surface area contributed by atoms with Gasteiger partial charge in [0.2, 0.25) is 0 Å². The highest BCUT2D eigenvalue weighted by molar-refractivity contribution is 5.38. The van der Waals surface area contributed by atoms with E-state index in [4.69, 9.17) is 9.47 Å². The van der Waals surface area contributed by atoms with Gasteiger partial charge in [-0.05, 0) is 24.6 Å². The minimum absolute atomic E-state index is 0.324. The van der Waals surface area contributed by atoms with E-state index in [0.29, 0.717) is 18.0 Å². The highest BCUT2D eigenvalue weighted by Crippen LogP contribution is 2.24. The molecule has 1 N–H and O–H groups in total. The molecule has 0 aliphatic rings. The van der Waals surface area contributed by atoms with E-state index in [1.807, 2.05) is 0 Å². The summed E-state index contributed by atoms with van der Waals surface area (Å²) in [5.74, 6) is 1.22. The normalized spacial score (nSPS) is 13.2. The first-order chi connectivity index (χ1) is 8.84. The molecular weight excluding hydrogens is 259 g/mol. The second kappa shape index (κ2) is 6.65. The molecule has 1 rings (SSSR count). The van der Waals surface area contributed by atoms with Gasteiger partial charge in [0, 0.05) is 18.7 Å². The monoisotopic (exact) mass is 277 g/mol. The van der Waals surface area contributed by atoms with Crippen LogP contribution in [-0.4, -0.2) is 26.4 Å². The van der Waals surface area contributed by atoms with Crippen LogP contribution >= 0.6 is 0 Å². The van der Waals surface area contributed by atoms with Crippen LogP contribution in [0.3, 0.4) is 0 Å². The zero-order valence-electron chi connectivity index (χ0n) is 11.2. The van der Waals surface area contributed by atoms with Gasteiger partial charge in [0.1, 0.15) is 11.5 Å². The van der Waals surface area contributed by atoms with Gasteiger partial charge in [-0.3, -0.25) is 0 Å². The number of hydrogen-bond donors (Lipinski definition) is 1. The summed E-state index contributed by atoms with van der Waals surface area (Å²) in [5.41, 5.74) is 0.810. The summed E-state index contributed by atoms with van der Waals surface area (Å²) < 4.78 is 46.8. The first-order valence-corrected chi connectivity index (χ1v) is 5.86. The smallest absolute Gasteiger partial charge is 0.390 e. The molecule has 19 heavy (non-hydrogen) atoms. The number of ether oxygens (including phenoxy) is 2. The Balaban J connectivity index is 2.62. The first-order valence-electron chi connectivity index (χ1n) is 5.86. The molecule has 0 aromatic heterocycles. The molecule has 0 spiro atoms. The van der Waals surface area contributed by atoms with E-state index in [0.717, 1.165) is 5.56 Å². The van der Waals surface area contributed by atoms with Crippen molar-refractivity contribution < 1.29 is 22.6 Å². The van der Waals surface area contributed by atoms with Gasteiger partial charge in [0.05, 0.1) is 20.6 Å². The fourth-order valence-corrected chi connectivity index (χ4v) is 1.68. The molecule has 0 heterocycles. The molecule has 0 fully saturated rings. The van der Waals surface area contributed by atoms with E-state index in [2.05, 4.69) is 5.32 Å². The number of rotatable bonds is 6. The summed E-state index contributed by atoms with van der Waals surface area (Å²) in [6.45, 7) is 1.83. The van der Waals surface area contributed by atoms with Crippen molar-refractivity contribution in [3.05, 3.63) is 23.8 Å². The molecule has 0 saturated carbocycles. The number of halogens is 3. The third-order valence-electron chi connectivity index (χ3n) is 2.60. The maximum absolute atomic E-state index is 12.2. The van der Waals surface area contributed by atoms with Crippen molar-refractivity contribution in [2.75, 3.05) is 14.2 Å². The Hall–Kier alpha value is -1.43. The first kappa shape index (κ1) is 15.6. The molecule has 108 valence electrons.